The predicted octanol–water partition coefficient (Wildman–Crippen LogP) is 7.30. The molecule has 5 heteroatoms. The van der Waals surface area contributed by atoms with Gasteiger partial charge in [0.05, 0.1) is 11.6 Å². The van der Waals surface area contributed by atoms with Crippen LogP contribution in [0.5, 0.6) is 5.75 Å². The van der Waals surface area contributed by atoms with Crippen LogP contribution in [0.1, 0.15) is 44.5 Å². The summed E-state index contributed by atoms with van der Waals surface area (Å²) in [6.45, 7) is 8.04. The van der Waals surface area contributed by atoms with Crippen molar-refractivity contribution in [2.24, 2.45) is 0 Å². The van der Waals surface area contributed by atoms with Gasteiger partial charge in [0.2, 0.25) is 0 Å². The Kier molecular flexibility index (Phi) is 6.59. The average Bonchev–Trinajstić information content (AvgIpc) is 3.22. The summed E-state index contributed by atoms with van der Waals surface area (Å²) in [6.07, 6.45) is 4.56. The Morgan fingerprint density at radius 2 is 1.91 bits per heavy atom. The highest BCUT2D eigenvalue weighted by Gasteiger charge is 2.08. The highest BCUT2D eigenvalue weighted by molar-refractivity contribution is 6.05. The van der Waals surface area contributed by atoms with Crippen molar-refractivity contribution in [3.05, 3.63) is 84.1 Å². The minimum absolute atomic E-state index is 0.0420. The highest BCUT2D eigenvalue weighted by atomic mass is 16.5. The van der Waals surface area contributed by atoms with Crippen LogP contribution in [0.4, 0.5) is 11.5 Å². The zero-order valence-electron chi connectivity index (χ0n) is 19.5. The van der Waals surface area contributed by atoms with E-state index in [2.05, 4.69) is 21.4 Å². The first-order valence-electron chi connectivity index (χ1n) is 11.3. The summed E-state index contributed by atoms with van der Waals surface area (Å²) in [5.74, 6) is 1.61. The molecule has 0 aliphatic carbocycles. The second kappa shape index (κ2) is 9.74. The first-order chi connectivity index (χ1) is 15.9. The van der Waals surface area contributed by atoms with Gasteiger partial charge in [-0.3, -0.25) is 4.79 Å². The Labute approximate surface area is 194 Å². The smallest absolute Gasteiger partial charge is 0.185 e. The molecule has 2 aromatic carbocycles. The summed E-state index contributed by atoms with van der Waals surface area (Å²) in [4.78, 5) is 20.4. The number of carbonyl (C=O) groups is 1. The maximum Gasteiger partial charge on any atom is 0.185 e. The van der Waals surface area contributed by atoms with Crippen molar-refractivity contribution >= 4 is 28.2 Å². The number of nitrogens with zero attached hydrogens (tertiary/aromatic N) is 1. The normalized spacial score (nSPS) is 11.7. The second-order valence-corrected chi connectivity index (χ2v) is 8.45. The minimum atomic E-state index is 0.0420. The van der Waals surface area contributed by atoms with E-state index in [-0.39, 0.29) is 11.9 Å². The van der Waals surface area contributed by atoms with Gasteiger partial charge in [0.15, 0.2) is 5.78 Å². The number of allylic oxidation sites excluding steroid dienone is 2. The lowest BCUT2D eigenvalue weighted by atomic mass is 10.0. The van der Waals surface area contributed by atoms with Gasteiger partial charge < -0.3 is 15.0 Å². The van der Waals surface area contributed by atoms with Gasteiger partial charge in [0.25, 0.3) is 0 Å². The number of hydrogen-bond donors (Lipinski definition) is 2. The van der Waals surface area contributed by atoms with Crippen molar-refractivity contribution in [3.63, 3.8) is 0 Å². The van der Waals surface area contributed by atoms with Crippen molar-refractivity contribution in [2.75, 3.05) is 5.32 Å². The topological polar surface area (TPSA) is 67.0 Å². The molecule has 0 saturated heterocycles. The summed E-state index contributed by atoms with van der Waals surface area (Å²) in [5.41, 5.74) is 5.68. The van der Waals surface area contributed by atoms with Gasteiger partial charge in [0.1, 0.15) is 11.6 Å². The predicted molar refractivity (Wildman–Crippen MR) is 135 cm³/mol. The number of pyridine rings is 1. The molecular formula is C28H29N3O2. The molecule has 4 rings (SSSR count). The Bertz CT molecular complexity index is 1300. The molecule has 0 saturated carbocycles. The van der Waals surface area contributed by atoms with Crippen molar-refractivity contribution in [3.8, 4) is 17.0 Å². The molecule has 168 valence electrons. The van der Waals surface area contributed by atoms with E-state index < -0.39 is 0 Å². The van der Waals surface area contributed by atoms with E-state index in [4.69, 9.17) is 4.74 Å². The van der Waals surface area contributed by atoms with Crippen molar-refractivity contribution in [1.82, 2.24) is 9.97 Å². The number of ether oxygens (including phenoxy) is 1. The number of aromatic amines is 1. The maximum absolute atomic E-state index is 12.4. The molecule has 2 heterocycles. The summed E-state index contributed by atoms with van der Waals surface area (Å²) in [5, 5.41) is 4.37. The maximum atomic E-state index is 12.4. The number of benzene rings is 2. The molecule has 0 spiro atoms. The largest absolute Gasteiger partial charge is 0.491 e. The average molecular weight is 440 g/mol. The zero-order valence-corrected chi connectivity index (χ0v) is 19.5. The number of ketones is 1. The van der Waals surface area contributed by atoms with Crippen LogP contribution in [0.15, 0.2) is 78.5 Å². The molecule has 0 atom stereocenters. The summed E-state index contributed by atoms with van der Waals surface area (Å²) in [7, 11) is 0. The fourth-order valence-electron chi connectivity index (χ4n) is 3.54. The molecule has 0 aliphatic rings. The van der Waals surface area contributed by atoms with Crippen molar-refractivity contribution in [2.45, 2.75) is 40.2 Å². The van der Waals surface area contributed by atoms with Gasteiger partial charge in [0, 0.05) is 40.7 Å². The van der Waals surface area contributed by atoms with Crippen LogP contribution in [0.25, 0.3) is 22.2 Å². The van der Waals surface area contributed by atoms with Gasteiger partial charge in [-0.15, -0.1) is 0 Å². The Morgan fingerprint density at radius 3 is 2.64 bits per heavy atom. The van der Waals surface area contributed by atoms with Crippen LogP contribution in [0.3, 0.4) is 0 Å². The quantitative estimate of drug-likeness (QED) is 0.223. The van der Waals surface area contributed by atoms with Crippen LogP contribution in [0.2, 0.25) is 0 Å². The number of nitrogens with one attached hydrogen (secondary N) is 2. The van der Waals surface area contributed by atoms with Crippen molar-refractivity contribution < 1.29 is 9.53 Å². The highest BCUT2D eigenvalue weighted by Crippen LogP contribution is 2.27. The van der Waals surface area contributed by atoms with Gasteiger partial charge in [-0.25, -0.2) is 4.98 Å². The number of rotatable bonds is 8. The van der Waals surface area contributed by atoms with Gasteiger partial charge in [-0.05, 0) is 57.0 Å². The standard InChI is InChI=1S/C28H29N3O2/c1-5-19(4)13-27(32)21-11-9-20(10-12-21)25-14-22-17-29-28(16-26(22)31-25)30-23-7-6-8-24(15-23)33-18(2)3/h6-18,31H,5H2,1-4H3,(H,29,30). The molecule has 0 fully saturated rings. The van der Waals surface area contributed by atoms with Gasteiger partial charge in [-0.1, -0.05) is 42.8 Å². The van der Waals surface area contributed by atoms with Crippen molar-refractivity contribution in [1.29, 1.82) is 0 Å². The molecule has 4 aromatic rings. The van der Waals surface area contributed by atoms with E-state index in [1.54, 1.807) is 6.08 Å². The minimum Gasteiger partial charge on any atom is -0.491 e. The first-order valence-corrected chi connectivity index (χ1v) is 11.3. The van der Waals surface area contributed by atoms with E-state index in [9.17, 15) is 4.79 Å². The fraction of sp³-hybridized carbons (Fsp3) is 0.214. The van der Waals surface area contributed by atoms with E-state index in [1.807, 2.05) is 88.5 Å². The molecule has 2 aromatic heterocycles. The molecule has 0 aliphatic heterocycles. The zero-order chi connectivity index (χ0) is 23.4. The number of hydrogen-bond acceptors (Lipinski definition) is 4. The molecule has 0 amide bonds. The Morgan fingerprint density at radius 1 is 1.12 bits per heavy atom. The van der Waals surface area contributed by atoms with E-state index in [1.165, 1.54) is 0 Å². The lowest BCUT2D eigenvalue weighted by Gasteiger charge is -2.11. The third-order valence-corrected chi connectivity index (χ3v) is 5.40. The number of aromatic nitrogens is 2. The summed E-state index contributed by atoms with van der Waals surface area (Å²) < 4.78 is 5.77. The Hall–Kier alpha value is -3.86. The van der Waals surface area contributed by atoms with Crippen LogP contribution in [0, 0.1) is 0 Å². The van der Waals surface area contributed by atoms with E-state index in [0.717, 1.165) is 51.4 Å². The van der Waals surface area contributed by atoms with Gasteiger partial charge >= 0.3 is 0 Å². The lowest BCUT2D eigenvalue weighted by molar-refractivity contribution is 0.104. The molecular weight excluding hydrogens is 410 g/mol. The third-order valence-electron chi connectivity index (χ3n) is 5.40. The SMILES string of the molecule is CCC(C)=CC(=O)c1ccc(-c2cc3cnc(Nc4cccc(OC(C)C)c4)cc3[nH]2)cc1. The number of H-pyrrole nitrogens is 1. The van der Waals surface area contributed by atoms with Crippen LogP contribution < -0.4 is 10.1 Å². The fourth-order valence-corrected chi connectivity index (χ4v) is 3.54. The summed E-state index contributed by atoms with van der Waals surface area (Å²) >= 11 is 0. The number of fused-ring (bicyclic) bond motifs is 1. The van der Waals surface area contributed by atoms with E-state index in [0.29, 0.717) is 5.56 Å². The van der Waals surface area contributed by atoms with E-state index >= 15 is 0 Å². The van der Waals surface area contributed by atoms with Crippen LogP contribution in [-0.2, 0) is 0 Å². The number of anilines is 2. The molecule has 2 N–H and O–H groups in total. The molecule has 0 radical (unpaired) electrons. The Balaban J connectivity index is 1.53. The first kappa shape index (κ1) is 22.3. The molecule has 5 nitrogen and oxygen atoms in total. The monoisotopic (exact) mass is 439 g/mol. The van der Waals surface area contributed by atoms with Gasteiger partial charge in [-0.2, -0.15) is 0 Å². The van der Waals surface area contributed by atoms with Crippen LogP contribution >= 0.6 is 0 Å². The van der Waals surface area contributed by atoms with Crippen LogP contribution in [-0.4, -0.2) is 21.9 Å². The second-order valence-electron chi connectivity index (χ2n) is 8.45. The number of carbonyl (C=O) groups excluding carboxylic acids is 1. The molecule has 33 heavy (non-hydrogen) atoms. The molecule has 0 bridgehead atoms. The lowest BCUT2D eigenvalue weighted by Crippen LogP contribution is -2.05. The summed E-state index contributed by atoms with van der Waals surface area (Å²) in [6, 6.07) is 19.6. The third kappa shape index (κ3) is 5.50. The molecule has 0 unspecified atom stereocenters.